The van der Waals surface area contributed by atoms with Crippen LogP contribution in [0.5, 0.6) is 0 Å². The molecule has 2 amide bonds. The van der Waals surface area contributed by atoms with Crippen LogP contribution in [0.3, 0.4) is 0 Å². The molecular weight excluding hydrogens is 332 g/mol. The van der Waals surface area contributed by atoms with Gasteiger partial charge in [0, 0.05) is 18.5 Å². The number of aliphatic carboxylic acids is 1. The number of likely N-dealkylation sites (N-methyl/N-ethyl adjacent to an activating group) is 1. The summed E-state index contributed by atoms with van der Waals surface area (Å²) in [6.45, 7) is 0. The van der Waals surface area contributed by atoms with Crippen LogP contribution in [0, 0.1) is 11.8 Å². The topological polar surface area (TPSA) is 86.7 Å². The van der Waals surface area contributed by atoms with Crippen LogP contribution in [-0.4, -0.2) is 40.9 Å². The number of carboxylic acids is 1. The number of nitrogens with one attached hydrogen (secondary N) is 1. The van der Waals surface area contributed by atoms with E-state index in [9.17, 15) is 14.4 Å². The second-order valence-electron chi connectivity index (χ2n) is 6.45. The van der Waals surface area contributed by atoms with Crippen molar-refractivity contribution < 1.29 is 19.5 Å². The van der Waals surface area contributed by atoms with Crippen LogP contribution >= 0.6 is 11.6 Å². The first-order chi connectivity index (χ1) is 11.4. The van der Waals surface area contributed by atoms with E-state index in [0.29, 0.717) is 17.9 Å². The number of amides is 2. The zero-order valence-corrected chi connectivity index (χ0v) is 14.0. The van der Waals surface area contributed by atoms with Crippen LogP contribution in [0.1, 0.15) is 30.9 Å². The van der Waals surface area contributed by atoms with Gasteiger partial charge in [0.1, 0.15) is 0 Å². The van der Waals surface area contributed by atoms with Gasteiger partial charge in [-0.15, -0.1) is 0 Å². The van der Waals surface area contributed by atoms with Crippen LogP contribution in [0.15, 0.2) is 24.3 Å². The van der Waals surface area contributed by atoms with Gasteiger partial charge in [0.15, 0.2) is 0 Å². The summed E-state index contributed by atoms with van der Waals surface area (Å²) in [6, 6.07) is 6.53. The molecule has 128 valence electrons. The SMILES string of the molecule is CN1C(=O)CC(NC(=O)C2CCC2C(=O)O)C1c1ccc(Cl)cc1. The molecular formula is C17H19ClN2O4. The Labute approximate surface area is 144 Å². The molecule has 1 saturated heterocycles. The lowest BCUT2D eigenvalue weighted by Gasteiger charge is -2.34. The van der Waals surface area contributed by atoms with Crippen molar-refractivity contribution in [3.8, 4) is 0 Å². The van der Waals surface area contributed by atoms with Crippen molar-refractivity contribution in [2.24, 2.45) is 11.8 Å². The van der Waals surface area contributed by atoms with Crippen LogP contribution < -0.4 is 5.32 Å². The summed E-state index contributed by atoms with van der Waals surface area (Å²) in [5.74, 6) is -2.39. The van der Waals surface area contributed by atoms with E-state index in [4.69, 9.17) is 16.7 Å². The summed E-state index contributed by atoms with van der Waals surface area (Å²) in [5.41, 5.74) is 0.890. The van der Waals surface area contributed by atoms with Gasteiger partial charge < -0.3 is 15.3 Å². The second-order valence-corrected chi connectivity index (χ2v) is 6.89. The minimum absolute atomic E-state index is 0.0522. The van der Waals surface area contributed by atoms with Crippen LogP contribution in [0.25, 0.3) is 0 Å². The Balaban J connectivity index is 1.75. The molecule has 0 radical (unpaired) electrons. The molecule has 1 aromatic carbocycles. The van der Waals surface area contributed by atoms with Gasteiger partial charge in [-0.1, -0.05) is 23.7 Å². The highest BCUT2D eigenvalue weighted by atomic mass is 35.5. The Morgan fingerprint density at radius 2 is 1.83 bits per heavy atom. The summed E-state index contributed by atoms with van der Waals surface area (Å²) >= 11 is 5.91. The molecule has 2 fully saturated rings. The van der Waals surface area contributed by atoms with Gasteiger partial charge >= 0.3 is 5.97 Å². The van der Waals surface area contributed by atoms with E-state index < -0.39 is 17.8 Å². The standard InChI is InChI=1S/C17H19ClN2O4/c1-20-14(21)8-13(15(20)9-2-4-10(18)5-3-9)19-16(22)11-6-7-12(11)17(23)24/h2-5,11-13,15H,6-8H2,1H3,(H,19,22)(H,23,24). The Kier molecular flexibility index (Phi) is 4.49. The van der Waals surface area contributed by atoms with Crippen LogP contribution in [0.2, 0.25) is 5.02 Å². The zero-order valence-electron chi connectivity index (χ0n) is 13.2. The fourth-order valence-electron chi connectivity index (χ4n) is 3.51. The Morgan fingerprint density at radius 1 is 1.21 bits per heavy atom. The highest BCUT2D eigenvalue weighted by Crippen LogP contribution is 2.37. The van der Waals surface area contributed by atoms with Gasteiger partial charge in [-0.05, 0) is 30.5 Å². The van der Waals surface area contributed by atoms with E-state index in [1.807, 2.05) is 12.1 Å². The molecule has 1 aromatic rings. The fraction of sp³-hybridized carbons (Fsp3) is 0.471. The average molecular weight is 351 g/mol. The molecule has 4 unspecified atom stereocenters. The lowest BCUT2D eigenvalue weighted by molar-refractivity contribution is -0.153. The predicted octanol–water partition coefficient (Wildman–Crippen LogP) is 1.84. The molecule has 0 bridgehead atoms. The first kappa shape index (κ1) is 16.8. The molecule has 2 aliphatic rings. The lowest BCUT2D eigenvalue weighted by Crippen LogP contribution is -2.48. The number of carbonyl (C=O) groups is 3. The Hall–Kier alpha value is -2.08. The van der Waals surface area contributed by atoms with Crippen molar-refractivity contribution in [2.75, 3.05) is 7.05 Å². The number of likely N-dealkylation sites (tertiary alicyclic amines) is 1. The number of benzene rings is 1. The third-order valence-electron chi connectivity index (χ3n) is 5.05. The van der Waals surface area contributed by atoms with Crippen molar-refractivity contribution in [3.05, 3.63) is 34.9 Å². The smallest absolute Gasteiger partial charge is 0.307 e. The summed E-state index contributed by atoms with van der Waals surface area (Å²) in [4.78, 5) is 37.2. The number of carboxylic acid groups (broad SMARTS) is 1. The lowest BCUT2D eigenvalue weighted by atomic mass is 9.73. The first-order valence-electron chi connectivity index (χ1n) is 7.93. The number of rotatable bonds is 4. The largest absolute Gasteiger partial charge is 0.481 e. The summed E-state index contributed by atoms with van der Waals surface area (Å²) in [6.07, 6.45) is 1.31. The molecule has 4 atom stereocenters. The van der Waals surface area contributed by atoms with Gasteiger partial charge in [-0.2, -0.15) is 0 Å². The molecule has 0 aromatic heterocycles. The average Bonchev–Trinajstić information content (AvgIpc) is 2.73. The quantitative estimate of drug-likeness (QED) is 0.867. The highest BCUT2D eigenvalue weighted by molar-refractivity contribution is 6.30. The van der Waals surface area contributed by atoms with Crippen molar-refractivity contribution in [1.29, 1.82) is 0 Å². The monoisotopic (exact) mass is 350 g/mol. The van der Waals surface area contributed by atoms with Crippen molar-refractivity contribution in [1.82, 2.24) is 10.2 Å². The van der Waals surface area contributed by atoms with Crippen LogP contribution in [-0.2, 0) is 14.4 Å². The molecule has 1 aliphatic heterocycles. The summed E-state index contributed by atoms with van der Waals surface area (Å²) < 4.78 is 0. The van der Waals surface area contributed by atoms with E-state index >= 15 is 0 Å². The number of hydrogen-bond donors (Lipinski definition) is 2. The molecule has 7 heteroatoms. The van der Waals surface area contributed by atoms with Crippen molar-refractivity contribution in [3.63, 3.8) is 0 Å². The highest BCUT2D eigenvalue weighted by Gasteiger charge is 2.45. The minimum atomic E-state index is -0.935. The molecule has 3 rings (SSSR count). The Bertz CT molecular complexity index is 676. The summed E-state index contributed by atoms with van der Waals surface area (Å²) in [7, 11) is 1.71. The number of carbonyl (C=O) groups excluding carboxylic acids is 2. The number of nitrogens with zero attached hydrogens (tertiary/aromatic N) is 1. The van der Waals surface area contributed by atoms with Gasteiger partial charge in [-0.25, -0.2) is 0 Å². The molecule has 1 heterocycles. The minimum Gasteiger partial charge on any atom is -0.481 e. The third-order valence-corrected chi connectivity index (χ3v) is 5.31. The Morgan fingerprint density at radius 3 is 2.38 bits per heavy atom. The first-order valence-corrected chi connectivity index (χ1v) is 8.30. The van der Waals surface area contributed by atoms with Crippen molar-refractivity contribution >= 4 is 29.4 Å². The van der Waals surface area contributed by atoms with E-state index in [-0.39, 0.29) is 30.3 Å². The maximum Gasteiger partial charge on any atom is 0.307 e. The van der Waals surface area contributed by atoms with Gasteiger partial charge in [0.05, 0.1) is 23.9 Å². The third kappa shape index (κ3) is 2.98. The maximum absolute atomic E-state index is 12.4. The molecule has 24 heavy (non-hydrogen) atoms. The molecule has 6 nitrogen and oxygen atoms in total. The summed E-state index contributed by atoms with van der Waals surface area (Å²) in [5, 5.41) is 12.6. The molecule has 0 spiro atoms. The second kappa shape index (κ2) is 6.43. The maximum atomic E-state index is 12.4. The van der Waals surface area contributed by atoms with E-state index in [1.165, 1.54) is 0 Å². The predicted molar refractivity (Wildman–Crippen MR) is 87.4 cm³/mol. The van der Waals surface area contributed by atoms with Crippen molar-refractivity contribution in [2.45, 2.75) is 31.3 Å². The van der Waals surface area contributed by atoms with E-state index in [2.05, 4.69) is 5.32 Å². The van der Waals surface area contributed by atoms with Crippen LogP contribution in [0.4, 0.5) is 0 Å². The molecule has 1 saturated carbocycles. The van der Waals surface area contributed by atoms with Gasteiger partial charge in [0.2, 0.25) is 11.8 Å². The van der Waals surface area contributed by atoms with Gasteiger partial charge in [-0.3, -0.25) is 14.4 Å². The van der Waals surface area contributed by atoms with Gasteiger partial charge in [0.25, 0.3) is 0 Å². The van der Waals surface area contributed by atoms with E-state index in [0.717, 1.165) is 5.56 Å². The molecule has 1 aliphatic carbocycles. The zero-order chi connectivity index (χ0) is 17.4. The molecule has 2 N–H and O–H groups in total. The fourth-order valence-corrected chi connectivity index (χ4v) is 3.64. The van der Waals surface area contributed by atoms with E-state index in [1.54, 1.807) is 24.1 Å². The number of hydrogen-bond acceptors (Lipinski definition) is 3. The normalized spacial score (nSPS) is 29.2. The number of halogens is 1.